The van der Waals surface area contributed by atoms with Crippen LogP contribution in [0, 0.1) is 18.3 Å². The topological polar surface area (TPSA) is 66.0 Å². The average Bonchev–Trinajstić information content (AvgIpc) is 2.93. The van der Waals surface area contributed by atoms with Crippen molar-refractivity contribution < 1.29 is 9.21 Å². The molecule has 0 aliphatic rings. The molecule has 2 rings (SSSR count). The lowest BCUT2D eigenvalue weighted by molar-refractivity contribution is 0.0954. The van der Waals surface area contributed by atoms with Crippen molar-refractivity contribution in [3.63, 3.8) is 0 Å². The molecule has 1 aromatic heterocycles. The summed E-state index contributed by atoms with van der Waals surface area (Å²) in [6.45, 7) is 2.35. The van der Waals surface area contributed by atoms with E-state index in [1.807, 2.05) is 24.3 Å². The molecule has 0 saturated carbocycles. The Morgan fingerprint density at radius 3 is 2.90 bits per heavy atom. The normalized spacial score (nSPS) is 10.1. The summed E-state index contributed by atoms with van der Waals surface area (Å²) >= 11 is 1.69. The van der Waals surface area contributed by atoms with Crippen molar-refractivity contribution in [2.75, 3.05) is 12.3 Å². The van der Waals surface area contributed by atoms with Gasteiger partial charge in [0.25, 0.3) is 5.91 Å². The number of rotatable bonds is 6. The van der Waals surface area contributed by atoms with E-state index in [2.05, 4.69) is 11.4 Å². The molecule has 0 saturated heterocycles. The van der Waals surface area contributed by atoms with Gasteiger partial charge in [-0.25, -0.2) is 0 Å². The maximum Gasteiger partial charge on any atom is 0.254 e. The summed E-state index contributed by atoms with van der Waals surface area (Å²) < 4.78 is 5.10. The van der Waals surface area contributed by atoms with Gasteiger partial charge in [-0.15, -0.1) is 0 Å². The first-order valence-corrected chi connectivity index (χ1v) is 7.76. The standard InChI is InChI=1S/C16H16N2O2S/c1-12-15(6-8-20-12)16(19)18-7-9-21-11-14-5-3-2-4-13(14)10-17/h2-6,8H,7,9,11H2,1H3,(H,18,19). The highest BCUT2D eigenvalue weighted by molar-refractivity contribution is 7.98. The van der Waals surface area contributed by atoms with E-state index in [1.165, 1.54) is 6.26 Å². The summed E-state index contributed by atoms with van der Waals surface area (Å²) in [6, 6.07) is 11.4. The molecule has 2 aromatic rings. The van der Waals surface area contributed by atoms with Crippen LogP contribution in [0.5, 0.6) is 0 Å². The smallest absolute Gasteiger partial charge is 0.254 e. The second-order valence-electron chi connectivity index (χ2n) is 4.47. The number of nitrogens with zero attached hydrogens (tertiary/aromatic N) is 1. The number of amides is 1. The van der Waals surface area contributed by atoms with Gasteiger partial charge in [0.2, 0.25) is 0 Å². The zero-order valence-corrected chi connectivity index (χ0v) is 12.6. The molecule has 1 N–H and O–H groups in total. The third-order valence-electron chi connectivity index (χ3n) is 3.03. The fourth-order valence-corrected chi connectivity index (χ4v) is 2.75. The van der Waals surface area contributed by atoms with E-state index in [0.717, 1.165) is 17.1 Å². The van der Waals surface area contributed by atoms with Crippen LogP contribution < -0.4 is 5.32 Å². The Morgan fingerprint density at radius 1 is 1.38 bits per heavy atom. The van der Waals surface area contributed by atoms with Gasteiger partial charge in [-0.2, -0.15) is 17.0 Å². The molecule has 0 bridgehead atoms. The lowest BCUT2D eigenvalue weighted by atomic mass is 10.1. The molecular formula is C16H16N2O2S. The summed E-state index contributed by atoms with van der Waals surface area (Å²) in [7, 11) is 0. The van der Waals surface area contributed by atoms with Crippen LogP contribution in [0.2, 0.25) is 0 Å². The van der Waals surface area contributed by atoms with Crippen LogP contribution in [0.3, 0.4) is 0 Å². The summed E-state index contributed by atoms with van der Waals surface area (Å²) in [4.78, 5) is 11.8. The maximum absolute atomic E-state index is 11.8. The zero-order chi connectivity index (χ0) is 15.1. The van der Waals surface area contributed by atoms with E-state index in [0.29, 0.717) is 23.4 Å². The minimum absolute atomic E-state index is 0.112. The number of nitriles is 1. The van der Waals surface area contributed by atoms with Crippen molar-refractivity contribution in [1.29, 1.82) is 5.26 Å². The lowest BCUT2D eigenvalue weighted by Gasteiger charge is -2.05. The van der Waals surface area contributed by atoms with Crippen LogP contribution in [-0.4, -0.2) is 18.2 Å². The number of aryl methyl sites for hydroxylation is 1. The number of hydrogen-bond acceptors (Lipinski definition) is 4. The number of benzene rings is 1. The molecule has 0 unspecified atom stereocenters. The highest BCUT2D eigenvalue weighted by Gasteiger charge is 2.10. The van der Waals surface area contributed by atoms with Gasteiger partial charge in [0.15, 0.2) is 0 Å². The molecule has 0 radical (unpaired) electrons. The van der Waals surface area contributed by atoms with E-state index >= 15 is 0 Å². The first-order valence-electron chi connectivity index (χ1n) is 6.60. The number of carbonyl (C=O) groups is 1. The molecule has 0 spiro atoms. The zero-order valence-electron chi connectivity index (χ0n) is 11.8. The third kappa shape index (κ3) is 4.14. The van der Waals surface area contributed by atoms with E-state index in [1.54, 1.807) is 24.8 Å². The number of carbonyl (C=O) groups excluding carboxylic acids is 1. The number of hydrogen-bond donors (Lipinski definition) is 1. The SMILES string of the molecule is Cc1occc1C(=O)NCCSCc1ccccc1C#N. The molecule has 5 heteroatoms. The molecule has 0 aliphatic heterocycles. The Balaban J connectivity index is 1.72. The highest BCUT2D eigenvalue weighted by atomic mass is 32.2. The minimum Gasteiger partial charge on any atom is -0.469 e. The Bertz CT molecular complexity index is 658. The Labute approximate surface area is 128 Å². The molecule has 0 fully saturated rings. The fourth-order valence-electron chi connectivity index (χ4n) is 1.89. The fraction of sp³-hybridized carbons (Fsp3) is 0.250. The maximum atomic E-state index is 11.8. The van der Waals surface area contributed by atoms with Gasteiger partial charge in [0.05, 0.1) is 23.5 Å². The van der Waals surface area contributed by atoms with Gasteiger partial charge in [0, 0.05) is 18.1 Å². The minimum atomic E-state index is -0.112. The van der Waals surface area contributed by atoms with Gasteiger partial charge in [0.1, 0.15) is 5.76 Å². The molecule has 4 nitrogen and oxygen atoms in total. The van der Waals surface area contributed by atoms with Crippen LogP contribution in [-0.2, 0) is 5.75 Å². The van der Waals surface area contributed by atoms with E-state index in [9.17, 15) is 4.79 Å². The molecular weight excluding hydrogens is 284 g/mol. The van der Waals surface area contributed by atoms with Crippen LogP contribution >= 0.6 is 11.8 Å². The third-order valence-corrected chi connectivity index (χ3v) is 4.04. The number of nitrogens with one attached hydrogen (secondary N) is 1. The molecule has 1 aromatic carbocycles. The average molecular weight is 300 g/mol. The first-order chi connectivity index (χ1) is 10.2. The van der Waals surface area contributed by atoms with Crippen molar-refractivity contribution >= 4 is 17.7 Å². The van der Waals surface area contributed by atoms with Crippen LogP contribution in [0.15, 0.2) is 41.0 Å². The van der Waals surface area contributed by atoms with Crippen molar-refractivity contribution in [2.24, 2.45) is 0 Å². The second-order valence-corrected chi connectivity index (χ2v) is 5.57. The highest BCUT2D eigenvalue weighted by Crippen LogP contribution is 2.15. The Kier molecular flexibility index (Phi) is 5.47. The monoisotopic (exact) mass is 300 g/mol. The van der Waals surface area contributed by atoms with E-state index < -0.39 is 0 Å². The molecule has 1 heterocycles. The van der Waals surface area contributed by atoms with Crippen molar-refractivity contribution in [2.45, 2.75) is 12.7 Å². The van der Waals surface area contributed by atoms with Crippen molar-refractivity contribution in [1.82, 2.24) is 5.32 Å². The van der Waals surface area contributed by atoms with Crippen molar-refractivity contribution in [3.8, 4) is 6.07 Å². The largest absolute Gasteiger partial charge is 0.469 e. The second kappa shape index (κ2) is 7.55. The van der Waals surface area contributed by atoms with Gasteiger partial charge in [-0.1, -0.05) is 18.2 Å². The first kappa shape index (κ1) is 15.2. The lowest BCUT2D eigenvalue weighted by Crippen LogP contribution is -2.25. The predicted molar refractivity (Wildman–Crippen MR) is 83.1 cm³/mol. The van der Waals surface area contributed by atoms with Gasteiger partial charge in [-0.3, -0.25) is 4.79 Å². The number of furan rings is 1. The molecule has 0 aliphatic carbocycles. The van der Waals surface area contributed by atoms with Crippen molar-refractivity contribution in [3.05, 3.63) is 59.0 Å². The number of thioether (sulfide) groups is 1. The quantitative estimate of drug-likeness (QED) is 0.832. The van der Waals surface area contributed by atoms with Crippen LogP contribution in [0.4, 0.5) is 0 Å². The van der Waals surface area contributed by atoms with Gasteiger partial charge >= 0.3 is 0 Å². The van der Waals surface area contributed by atoms with Gasteiger partial charge in [-0.05, 0) is 24.6 Å². The Morgan fingerprint density at radius 2 is 2.19 bits per heavy atom. The summed E-state index contributed by atoms with van der Waals surface area (Å²) in [6.07, 6.45) is 1.51. The van der Waals surface area contributed by atoms with E-state index in [-0.39, 0.29) is 5.91 Å². The molecule has 108 valence electrons. The van der Waals surface area contributed by atoms with Crippen LogP contribution in [0.1, 0.15) is 27.2 Å². The summed E-state index contributed by atoms with van der Waals surface area (Å²) in [5.41, 5.74) is 2.32. The predicted octanol–water partition coefficient (Wildman–Crippen LogP) is 3.12. The Hall–Kier alpha value is -2.19. The van der Waals surface area contributed by atoms with Crippen LogP contribution in [0.25, 0.3) is 0 Å². The summed E-state index contributed by atoms with van der Waals surface area (Å²) in [5.74, 6) is 2.08. The van der Waals surface area contributed by atoms with Gasteiger partial charge < -0.3 is 9.73 Å². The summed E-state index contributed by atoms with van der Waals surface area (Å²) in [5, 5.41) is 11.9. The molecule has 0 atom stereocenters. The van der Waals surface area contributed by atoms with E-state index in [4.69, 9.17) is 9.68 Å². The molecule has 1 amide bonds. The molecule has 21 heavy (non-hydrogen) atoms.